The van der Waals surface area contributed by atoms with Gasteiger partial charge in [-0.1, -0.05) is 19.6 Å². The van der Waals surface area contributed by atoms with Crippen molar-refractivity contribution in [2.75, 3.05) is 6.61 Å². The van der Waals surface area contributed by atoms with Crippen molar-refractivity contribution in [3.8, 4) is 0 Å². The molecule has 0 aromatic heterocycles. The highest BCUT2D eigenvalue weighted by molar-refractivity contribution is 7.11. The first-order chi connectivity index (χ1) is 4.89. The first-order valence-electron chi connectivity index (χ1n) is 3.61. The average Bonchev–Trinajstić information content (AvgIpc) is 1.85. The highest BCUT2D eigenvalue weighted by atomic mass is 28.3. The highest BCUT2D eigenvalue weighted by Gasteiger charge is 2.31. The van der Waals surface area contributed by atoms with Gasteiger partial charge in [0.25, 0.3) is 0 Å². The van der Waals surface area contributed by atoms with Gasteiger partial charge in [0.1, 0.15) is 8.07 Å². The minimum atomic E-state index is -1.97. The molecule has 0 unspecified atom stereocenters. The van der Waals surface area contributed by atoms with E-state index in [1.54, 1.807) is 6.92 Å². The molecular formula is C7H14O3Si. The standard InChI is InChI=1S/C7H14O3Si/c1-5-10-6(8)7(9)11(2,3)4/h5H2,1-4H3. The van der Waals surface area contributed by atoms with Gasteiger partial charge in [-0.2, -0.15) is 0 Å². The number of carbonyl (C=O) groups excluding carboxylic acids is 2. The molecule has 4 heteroatoms. The summed E-state index contributed by atoms with van der Waals surface area (Å²) in [5.74, 6) is -0.674. The lowest BCUT2D eigenvalue weighted by Crippen LogP contribution is -2.40. The van der Waals surface area contributed by atoms with Gasteiger partial charge in [-0.3, -0.25) is 4.79 Å². The van der Waals surface area contributed by atoms with Crippen molar-refractivity contribution in [1.82, 2.24) is 0 Å². The van der Waals surface area contributed by atoms with E-state index >= 15 is 0 Å². The summed E-state index contributed by atoms with van der Waals surface area (Å²) >= 11 is 0. The van der Waals surface area contributed by atoms with Crippen LogP contribution in [0.4, 0.5) is 0 Å². The summed E-state index contributed by atoms with van der Waals surface area (Å²) in [6.45, 7) is 7.44. The SMILES string of the molecule is CCOC(=O)C(=O)[Si](C)(C)C. The zero-order valence-corrected chi connectivity index (χ0v) is 8.43. The summed E-state index contributed by atoms with van der Waals surface area (Å²) in [6.07, 6.45) is 0. The van der Waals surface area contributed by atoms with E-state index < -0.39 is 14.0 Å². The Kier molecular flexibility index (Phi) is 3.45. The van der Waals surface area contributed by atoms with Crippen LogP contribution in [-0.2, 0) is 14.3 Å². The summed E-state index contributed by atoms with van der Waals surface area (Å²) < 4.78 is 4.58. The topological polar surface area (TPSA) is 43.4 Å². The Labute approximate surface area is 67.7 Å². The van der Waals surface area contributed by atoms with E-state index in [0.29, 0.717) is 0 Å². The van der Waals surface area contributed by atoms with E-state index in [0.717, 1.165) is 0 Å². The lowest BCUT2D eigenvalue weighted by Gasteiger charge is -2.11. The summed E-state index contributed by atoms with van der Waals surface area (Å²) in [5.41, 5.74) is 0. The normalized spacial score (nSPS) is 10.9. The van der Waals surface area contributed by atoms with Crippen LogP contribution < -0.4 is 0 Å². The van der Waals surface area contributed by atoms with Crippen molar-refractivity contribution in [3.05, 3.63) is 0 Å². The Morgan fingerprint density at radius 3 is 2.00 bits per heavy atom. The van der Waals surface area contributed by atoms with E-state index in [2.05, 4.69) is 4.74 Å². The lowest BCUT2D eigenvalue weighted by atomic mass is 10.7. The monoisotopic (exact) mass is 174 g/mol. The fraction of sp³-hybridized carbons (Fsp3) is 0.714. The minimum absolute atomic E-state index is 0.273. The second-order valence-corrected chi connectivity index (χ2v) is 8.25. The van der Waals surface area contributed by atoms with E-state index in [1.165, 1.54) is 0 Å². The van der Waals surface area contributed by atoms with Crippen LogP contribution in [0.3, 0.4) is 0 Å². The van der Waals surface area contributed by atoms with Gasteiger partial charge in [-0.25, -0.2) is 4.79 Å². The van der Waals surface area contributed by atoms with Gasteiger partial charge >= 0.3 is 5.97 Å². The Bertz CT molecular complexity index is 169. The number of hydrogen-bond donors (Lipinski definition) is 0. The molecule has 0 saturated heterocycles. The second kappa shape index (κ2) is 3.66. The van der Waals surface area contributed by atoms with Gasteiger partial charge in [0.05, 0.1) is 6.61 Å². The molecule has 0 heterocycles. The maximum atomic E-state index is 11.1. The minimum Gasteiger partial charge on any atom is -0.461 e. The third kappa shape index (κ3) is 3.32. The maximum Gasteiger partial charge on any atom is 0.369 e. The molecule has 11 heavy (non-hydrogen) atoms. The molecule has 0 saturated carbocycles. The molecule has 0 aromatic carbocycles. The molecule has 0 amide bonds. The van der Waals surface area contributed by atoms with Crippen LogP contribution in [0.15, 0.2) is 0 Å². The van der Waals surface area contributed by atoms with Gasteiger partial charge in [0, 0.05) is 0 Å². The van der Waals surface area contributed by atoms with E-state index in [-0.39, 0.29) is 12.0 Å². The summed E-state index contributed by atoms with van der Waals surface area (Å²) in [5, 5.41) is -0.334. The first kappa shape index (κ1) is 10.4. The van der Waals surface area contributed by atoms with Gasteiger partial charge in [0.2, 0.25) is 5.41 Å². The number of esters is 1. The molecule has 3 nitrogen and oxygen atoms in total. The van der Waals surface area contributed by atoms with Crippen LogP contribution in [0.2, 0.25) is 19.6 Å². The molecule has 0 aliphatic heterocycles. The molecule has 0 aromatic rings. The van der Waals surface area contributed by atoms with Crippen molar-refractivity contribution < 1.29 is 14.3 Å². The Hall–Kier alpha value is -0.643. The third-order valence-corrected chi connectivity index (χ3v) is 2.71. The Morgan fingerprint density at radius 2 is 1.73 bits per heavy atom. The first-order valence-corrected chi connectivity index (χ1v) is 7.11. The van der Waals surface area contributed by atoms with Gasteiger partial charge in [0.15, 0.2) is 0 Å². The zero-order valence-electron chi connectivity index (χ0n) is 7.43. The molecule has 0 atom stereocenters. The highest BCUT2D eigenvalue weighted by Crippen LogP contribution is 2.03. The number of ether oxygens (including phenoxy) is 1. The molecular weight excluding hydrogens is 160 g/mol. The van der Waals surface area contributed by atoms with Crippen LogP contribution in [0.5, 0.6) is 0 Å². The molecule has 0 aliphatic carbocycles. The number of carbonyl (C=O) groups is 2. The van der Waals surface area contributed by atoms with Gasteiger partial charge in [-0.15, -0.1) is 0 Å². The third-order valence-electron chi connectivity index (χ3n) is 1.14. The largest absolute Gasteiger partial charge is 0.461 e. The molecule has 0 rings (SSSR count). The van der Waals surface area contributed by atoms with Gasteiger partial charge < -0.3 is 4.74 Å². The molecule has 0 radical (unpaired) electrons. The maximum absolute atomic E-state index is 11.1. The van der Waals surface area contributed by atoms with E-state index in [1.807, 2.05) is 19.6 Å². The predicted octanol–water partition coefficient (Wildman–Crippen LogP) is 0.996. The van der Waals surface area contributed by atoms with Crippen LogP contribution in [0.1, 0.15) is 6.92 Å². The van der Waals surface area contributed by atoms with Gasteiger partial charge in [-0.05, 0) is 6.92 Å². The van der Waals surface area contributed by atoms with E-state index in [4.69, 9.17) is 0 Å². The van der Waals surface area contributed by atoms with Crippen LogP contribution in [0.25, 0.3) is 0 Å². The molecule has 0 N–H and O–H groups in total. The number of rotatable bonds is 3. The molecule has 0 spiro atoms. The lowest BCUT2D eigenvalue weighted by molar-refractivity contribution is -0.150. The fourth-order valence-electron chi connectivity index (χ4n) is 0.503. The second-order valence-electron chi connectivity index (χ2n) is 3.30. The quantitative estimate of drug-likeness (QED) is 0.364. The van der Waals surface area contributed by atoms with E-state index in [9.17, 15) is 9.59 Å². The van der Waals surface area contributed by atoms with Crippen LogP contribution in [-0.4, -0.2) is 26.1 Å². The smallest absolute Gasteiger partial charge is 0.369 e. The van der Waals surface area contributed by atoms with Crippen molar-refractivity contribution >= 4 is 19.4 Å². The van der Waals surface area contributed by atoms with Crippen molar-refractivity contribution in [2.45, 2.75) is 26.6 Å². The Balaban J connectivity index is 4.15. The van der Waals surface area contributed by atoms with Crippen LogP contribution in [0, 0.1) is 0 Å². The number of hydrogen-bond acceptors (Lipinski definition) is 3. The molecule has 0 fully saturated rings. The summed E-state index contributed by atoms with van der Waals surface area (Å²) in [4.78, 5) is 22.0. The summed E-state index contributed by atoms with van der Waals surface area (Å²) in [6, 6.07) is 0. The zero-order chi connectivity index (χ0) is 9.07. The summed E-state index contributed by atoms with van der Waals surface area (Å²) in [7, 11) is -1.97. The van der Waals surface area contributed by atoms with Crippen molar-refractivity contribution in [2.24, 2.45) is 0 Å². The molecule has 0 aliphatic rings. The predicted molar refractivity (Wildman–Crippen MR) is 45.0 cm³/mol. The van der Waals surface area contributed by atoms with Crippen molar-refractivity contribution in [1.29, 1.82) is 0 Å². The molecule has 64 valence electrons. The average molecular weight is 174 g/mol. The van der Waals surface area contributed by atoms with Crippen LogP contribution >= 0.6 is 0 Å². The fourth-order valence-corrected chi connectivity index (χ4v) is 1.19. The molecule has 0 bridgehead atoms. The van der Waals surface area contributed by atoms with Crippen molar-refractivity contribution in [3.63, 3.8) is 0 Å². The Morgan fingerprint density at radius 1 is 1.27 bits per heavy atom.